The molecule has 0 saturated carbocycles. The molecule has 0 amide bonds. The lowest BCUT2D eigenvalue weighted by Crippen LogP contribution is -2.34. The van der Waals surface area contributed by atoms with Crippen LogP contribution in [-0.4, -0.2) is 24.5 Å². The Labute approximate surface area is 56.3 Å². The van der Waals surface area contributed by atoms with Crippen LogP contribution >= 0.6 is 0 Å². The molecular weight excluding hydrogens is 112 g/mol. The summed E-state index contributed by atoms with van der Waals surface area (Å²) in [6.45, 7) is 2.95. The second-order valence-corrected chi connectivity index (χ2v) is 2.67. The van der Waals surface area contributed by atoms with Crippen LogP contribution in [0.25, 0.3) is 0 Å². The highest BCUT2D eigenvalue weighted by molar-refractivity contribution is 5.01. The molecule has 1 heterocycles. The Hall–Kier alpha value is -0.500. The number of rotatable bonds is 1. The molecule has 0 saturated heterocycles. The van der Waals surface area contributed by atoms with Gasteiger partial charge in [0.1, 0.15) is 0 Å². The summed E-state index contributed by atoms with van der Waals surface area (Å²) >= 11 is 0. The summed E-state index contributed by atoms with van der Waals surface area (Å²) in [6, 6.07) is 0.532. The van der Waals surface area contributed by atoms with Crippen molar-refractivity contribution in [2.75, 3.05) is 13.6 Å². The molecular formula is C7H14N2. The first kappa shape index (κ1) is 6.62. The standard InChI is InChI=1S/C7H14N2/c1-6-3-4-9(2)7(6)5-8/h3-4,6-7H,5,8H2,1-2H3. The lowest BCUT2D eigenvalue weighted by Gasteiger charge is -2.22. The van der Waals surface area contributed by atoms with Gasteiger partial charge in [-0.15, -0.1) is 0 Å². The van der Waals surface area contributed by atoms with Crippen LogP contribution in [0.3, 0.4) is 0 Å². The van der Waals surface area contributed by atoms with E-state index in [1.54, 1.807) is 0 Å². The van der Waals surface area contributed by atoms with E-state index in [2.05, 4.69) is 31.1 Å². The highest BCUT2D eigenvalue weighted by Crippen LogP contribution is 2.17. The van der Waals surface area contributed by atoms with Gasteiger partial charge in [-0.1, -0.05) is 13.0 Å². The third-order valence-electron chi connectivity index (χ3n) is 2.00. The normalized spacial score (nSPS) is 33.9. The molecule has 1 aliphatic rings. The average molecular weight is 126 g/mol. The summed E-state index contributed by atoms with van der Waals surface area (Å²) in [6.07, 6.45) is 4.29. The maximum atomic E-state index is 5.53. The Morgan fingerprint density at radius 2 is 2.33 bits per heavy atom. The van der Waals surface area contributed by atoms with Crippen LogP contribution in [0.4, 0.5) is 0 Å². The zero-order valence-corrected chi connectivity index (χ0v) is 6.04. The maximum absolute atomic E-state index is 5.53. The molecule has 2 atom stereocenters. The van der Waals surface area contributed by atoms with E-state index in [-0.39, 0.29) is 0 Å². The Bertz CT molecular complexity index is 108. The summed E-state index contributed by atoms with van der Waals surface area (Å²) in [5.41, 5.74) is 5.53. The monoisotopic (exact) mass is 126 g/mol. The number of likely N-dealkylation sites (N-methyl/N-ethyl adjacent to an activating group) is 1. The number of hydrogen-bond acceptors (Lipinski definition) is 2. The first-order chi connectivity index (χ1) is 4.25. The van der Waals surface area contributed by atoms with Crippen molar-refractivity contribution in [3.8, 4) is 0 Å². The fourth-order valence-corrected chi connectivity index (χ4v) is 1.26. The molecule has 0 spiro atoms. The summed E-state index contributed by atoms with van der Waals surface area (Å²) in [5, 5.41) is 0. The number of nitrogens with two attached hydrogens (primary N) is 1. The second-order valence-electron chi connectivity index (χ2n) is 2.67. The van der Waals surface area contributed by atoms with Crippen molar-refractivity contribution in [2.24, 2.45) is 11.7 Å². The molecule has 0 bridgehead atoms. The lowest BCUT2D eigenvalue weighted by molar-refractivity contribution is 0.316. The quantitative estimate of drug-likeness (QED) is 0.551. The Morgan fingerprint density at radius 1 is 1.67 bits per heavy atom. The van der Waals surface area contributed by atoms with Gasteiger partial charge in [-0.05, 0) is 12.1 Å². The van der Waals surface area contributed by atoms with E-state index >= 15 is 0 Å². The van der Waals surface area contributed by atoms with Crippen LogP contribution in [-0.2, 0) is 0 Å². The average Bonchev–Trinajstić information content (AvgIpc) is 2.12. The highest BCUT2D eigenvalue weighted by Gasteiger charge is 2.20. The van der Waals surface area contributed by atoms with Gasteiger partial charge in [-0.3, -0.25) is 0 Å². The Kier molecular flexibility index (Phi) is 1.76. The molecule has 1 rings (SSSR count). The van der Waals surface area contributed by atoms with E-state index in [0.29, 0.717) is 12.0 Å². The van der Waals surface area contributed by atoms with Crippen molar-refractivity contribution in [3.05, 3.63) is 12.3 Å². The predicted molar refractivity (Wildman–Crippen MR) is 38.9 cm³/mol. The summed E-state index contributed by atoms with van der Waals surface area (Å²) in [5.74, 6) is 0.625. The molecule has 9 heavy (non-hydrogen) atoms. The second kappa shape index (κ2) is 2.40. The van der Waals surface area contributed by atoms with E-state index in [1.165, 1.54) is 0 Å². The van der Waals surface area contributed by atoms with E-state index in [4.69, 9.17) is 5.73 Å². The molecule has 0 aromatic rings. The van der Waals surface area contributed by atoms with Crippen LogP contribution in [0.15, 0.2) is 12.3 Å². The van der Waals surface area contributed by atoms with Gasteiger partial charge >= 0.3 is 0 Å². The van der Waals surface area contributed by atoms with Gasteiger partial charge in [0.05, 0.1) is 0 Å². The van der Waals surface area contributed by atoms with Crippen LogP contribution in [0, 0.1) is 5.92 Å². The first-order valence-electron chi connectivity index (χ1n) is 3.36. The highest BCUT2D eigenvalue weighted by atomic mass is 15.1. The van der Waals surface area contributed by atoms with Gasteiger partial charge in [0.2, 0.25) is 0 Å². The summed E-state index contributed by atoms with van der Waals surface area (Å²) in [7, 11) is 2.07. The van der Waals surface area contributed by atoms with E-state index in [9.17, 15) is 0 Å². The smallest absolute Gasteiger partial charge is 0.0464 e. The zero-order valence-electron chi connectivity index (χ0n) is 6.04. The van der Waals surface area contributed by atoms with Crippen LogP contribution < -0.4 is 5.73 Å². The van der Waals surface area contributed by atoms with Gasteiger partial charge in [-0.25, -0.2) is 0 Å². The summed E-state index contributed by atoms with van der Waals surface area (Å²) < 4.78 is 0. The van der Waals surface area contributed by atoms with Crippen LogP contribution in [0.2, 0.25) is 0 Å². The molecule has 52 valence electrons. The molecule has 0 aliphatic carbocycles. The van der Waals surface area contributed by atoms with E-state index in [1.807, 2.05) is 0 Å². The van der Waals surface area contributed by atoms with Crippen molar-refractivity contribution in [3.63, 3.8) is 0 Å². The maximum Gasteiger partial charge on any atom is 0.0464 e. The van der Waals surface area contributed by atoms with Crippen molar-refractivity contribution < 1.29 is 0 Å². The molecule has 0 radical (unpaired) electrons. The molecule has 0 fully saturated rings. The first-order valence-corrected chi connectivity index (χ1v) is 3.36. The SMILES string of the molecule is CC1C=CN(C)C1CN. The fourth-order valence-electron chi connectivity index (χ4n) is 1.26. The summed E-state index contributed by atoms with van der Waals surface area (Å²) in [4.78, 5) is 2.17. The molecule has 0 aromatic heterocycles. The lowest BCUT2D eigenvalue weighted by atomic mass is 10.1. The van der Waals surface area contributed by atoms with E-state index in [0.717, 1.165) is 6.54 Å². The fraction of sp³-hybridized carbons (Fsp3) is 0.714. The molecule has 2 nitrogen and oxygen atoms in total. The Balaban J connectivity index is 2.53. The van der Waals surface area contributed by atoms with Gasteiger partial charge in [0.15, 0.2) is 0 Å². The minimum atomic E-state index is 0.532. The van der Waals surface area contributed by atoms with E-state index < -0.39 is 0 Å². The van der Waals surface area contributed by atoms with Gasteiger partial charge in [0, 0.05) is 19.6 Å². The van der Waals surface area contributed by atoms with Crippen molar-refractivity contribution >= 4 is 0 Å². The third-order valence-corrected chi connectivity index (χ3v) is 2.00. The van der Waals surface area contributed by atoms with Crippen molar-refractivity contribution in [1.82, 2.24) is 4.90 Å². The molecule has 0 aromatic carbocycles. The molecule has 2 unspecified atom stereocenters. The largest absolute Gasteiger partial charge is 0.376 e. The number of nitrogens with zero attached hydrogens (tertiary/aromatic N) is 1. The Morgan fingerprint density at radius 3 is 2.56 bits per heavy atom. The zero-order chi connectivity index (χ0) is 6.85. The minimum absolute atomic E-state index is 0.532. The van der Waals surface area contributed by atoms with Gasteiger partial charge < -0.3 is 10.6 Å². The number of hydrogen-bond donors (Lipinski definition) is 1. The molecule has 1 aliphatic heterocycles. The predicted octanol–water partition coefficient (Wildman–Crippen LogP) is 0.409. The molecule has 2 N–H and O–H groups in total. The topological polar surface area (TPSA) is 29.3 Å². The molecule has 2 heteroatoms. The van der Waals surface area contributed by atoms with Crippen molar-refractivity contribution in [2.45, 2.75) is 13.0 Å². The third kappa shape index (κ3) is 1.08. The van der Waals surface area contributed by atoms with Crippen LogP contribution in [0.5, 0.6) is 0 Å². The van der Waals surface area contributed by atoms with Crippen molar-refractivity contribution in [1.29, 1.82) is 0 Å². The minimum Gasteiger partial charge on any atom is -0.376 e. The van der Waals surface area contributed by atoms with Gasteiger partial charge in [-0.2, -0.15) is 0 Å². The van der Waals surface area contributed by atoms with Gasteiger partial charge in [0.25, 0.3) is 0 Å². The van der Waals surface area contributed by atoms with Crippen LogP contribution in [0.1, 0.15) is 6.92 Å².